The zero-order chi connectivity index (χ0) is 13.9. The van der Waals surface area contributed by atoms with Crippen LogP contribution in [0.1, 0.15) is 52.9 Å². The minimum Gasteiger partial charge on any atom is -0.359 e. The first-order chi connectivity index (χ1) is 9.01. The van der Waals surface area contributed by atoms with Gasteiger partial charge in [0.1, 0.15) is 6.04 Å². The van der Waals surface area contributed by atoms with Crippen molar-refractivity contribution in [2.24, 2.45) is 4.99 Å². The van der Waals surface area contributed by atoms with E-state index >= 15 is 0 Å². The third kappa shape index (κ3) is 3.88. The van der Waals surface area contributed by atoms with E-state index in [0.29, 0.717) is 0 Å². The molecule has 1 spiro atoms. The Morgan fingerprint density at radius 1 is 1.32 bits per heavy atom. The Balaban J connectivity index is 1.92. The van der Waals surface area contributed by atoms with E-state index in [1.54, 1.807) is 11.8 Å². The van der Waals surface area contributed by atoms with Gasteiger partial charge in [0.05, 0.1) is 0 Å². The molecule has 1 saturated carbocycles. The molecular formula is C14H25N3OS. The smallest absolute Gasteiger partial charge is 0.244 e. The van der Waals surface area contributed by atoms with Crippen LogP contribution >= 0.6 is 11.8 Å². The van der Waals surface area contributed by atoms with E-state index in [4.69, 9.17) is 0 Å². The molecule has 0 radical (unpaired) electrons. The van der Waals surface area contributed by atoms with Gasteiger partial charge in [0.2, 0.25) is 5.91 Å². The summed E-state index contributed by atoms with van der Waals surface area (Å²) in [6, 6.07) is -0.139. The molecule has 5 heteroatoms. The van der Waals surface area contributed by atoms with Crippen molar-refractivity contribution in [2.75, 3.05) is 5.75 Å². The fraction of sp³-hybridized carbons (Fsp3) is 0.857. The lowest BCUT2D eigenvalue weighted by molar-refractivity contribution is -0.122. The average Bonchev–Trinajstić information content (AvgIpc) is 2.72. The van der Waals surface area contributed by atoms with Crippen LogP contribution in [0.5, 0.6) is 0 Å². The maximum absolute atomic E-state index is 11.9. The summed E-state index contributed by atoms with van der Waals surface area (Å²) in [5.41, 5.74) is 0.260. The molecule has 19 heavy (non-hydrogen) atoms. The summed E-state index contributed by atoms with van der Waals surface area (Å²) in [4.78, 5) is 16.4. The van der Waals surface area contributed by atoms with E-state index in [1.165, 1.54) is 32.1 Å². The Hall–Kier alpha value is -0.710. The highest BCUT2D eigenvalue weighted by Gasteiger charge is 2.38. The Morgan fingerprint density at radius 2 is 2.00 bits per heavy atom. The van der Waals surface area contributed by atoms with Gasteiger partial charge >= 0.3 is 0 Å². The van der Waals surface area contributed by atoms with Gasteiger partial charge in [0, 0.05) is 17.3 Å². The minimum atomic E-state index is -0.309. The molecule has 2 rings (SSSR count). The van der Waals surface area contributed by atoms with E-state index in [0.717, 1.165) is 10.9 Å². The number of hydrogen-bond donors (Lipinski definition) is 2. The predicted molar refractivity (Wildman–Crippen MR) is 81.6 cm³/mol. The van der Waals surface area contributed by atoms with Crippen LogP contribution < -0.4 is 10.6 Å². The SMILES string of the molecule is CC(C)NC(=O)C(C)N=C1NC2(CCCCC2)CS1. The van der Waals surface area contributed by atoms with Gasteiger partial charge in [-0.3, -0.25) is 4.79 Å². The molecule has 0 aromatic carbocycles. The molecule has 0 bridgehead atoms. The van der Waals surface area contributed by atoms with Crippen LogP contribution in [-0.4, -0.2) is 34.5 Å². The molecule has 1 saturated heterocycles. The van der Waals surface area contributed by atoms with Gasteiger partial charge in [-0.25, -0.2) is 4.99 Å². The molecule has 108 valence electrons. The molecule has 2 fully saturated rings. The summed E-state index contributed by atoms with van der Waals surface area (Å²) in [5, 5.41) is 7.43. The second-order valence-corrected chi connectivity index (χ2v) is 6.99. The second kappa shape index (κ2) is 6.16. The van der Waals surface area contributed by atoms with Crippen molar-refractivity contribution in [3.63, 3.8) is 0 Å². The second-order valence-electron chi connectivity index (χ2n) is 6.03. The predicted octanol–water partition coefficient (Wildman–Crippen LogP) is 2.29. The first-order valence-electron chi connectivity index (χ1n) is 7.30. The molecule has 1 aliphatic carbocycles. The lowest BCUT2D eigenvalue weighted by Gasteiger charge is -2.32. The van der Waals surface area contributed by atoms with Crippen LogP contribution in [0, 0.1) is 0 Å². The molecule has 1 heterocycles. The molecular weight excluding hydrogens is 258 g/mol. The number of aliphatic imine (C=N–C) groups is 1. The van der Waals surface area contributed by atoms with Crippen molar-refractivity contribution < 1.29 is 4.79 Å². The van der Waals surface area contributed by atoms with E-state index in [1.807, 2.05) is 20.8 Å². The third-order valence-corrected chi connectivity index (χ3v) is 4.97. The van der Waals surface area contributed by atoms with E-state index in [2.05, 4.69) is 15.6 Å². The van der Waals surface area contributed by atoms with Gasteiger partial charge in [-0.05, 0) is 33.6 Å². The number of carbonyl (C=O) groups is 1. The molecule has 1 unspecified atom stereocenters. The van der Waals surface area contributed by atoms with Gasteiger partial charge in [0.15, 0.2) is 5.17 Å². The van der Waals surface area contributed by atoms with Crippen LogP contribution in [0.3, 0.4) is 0 Å². The van der Waals surface area contributed by atoms with Crippen LogP contribution in [0.2, 0.25) is 0 Å². The van der Waals surface area contributed by atoms with Gasteiger partial charge in [-0.2, -0.15) is 0 Å². The fourth-order valence-corrected chi connectivity index (χ4v) is 4.01. The Kier molecular flexibility index (Phi) is 4.76. The summed E-state index contributed by atoms with van der Waals surface area (Å²) in [5.74, 6) is 1.11. The fourth-order valence-electron chi connectivity index (χ4n) is 2.71. The quantitative estimate of drug-likeness (QED) is 0.835. The maximum atomic E-state index is 11.9. The average molecular weight is 283 g/mol. The molecule has 2 aliphatic rings. The van der Waals surface area contributed by atoms with Crippen molar-refractivity contribution in [3.8, 4) is 0 Å². The van der Waals surface area contributed by atoms with E-state index in [9.17, 15) is 4.79 Å². The Bertz CT molecular complexity index is 362. The van der Waals surface area contributed by atoms with Crippen LogP contribution in [-0.2, 0) is 4.79 Å². The van der Waals surface area contributed by atoms with Crippen molar-refractivity contribution in [1.82, 2.24) is 10.6 Å². The topological polar surface area (TPSA) is 53.5 Å². The molecule has 1 amide bonds. The maximum Gasteiger partial charge on any atom is 0.244 e. The minimum absolute atomic E-state index is 0.00879. The summed E-state index contributed by atoms with van der Waals surface area (Å²) in [6.45, 7) is 5.80. The van der Waals surface area contributed by atoms with Crippen molar-refractivity contribution in [2.45, 2.75) is 70.5 Å². The summed E-state index contributed by atoms with van der Waals surface area (Å²) < 4.78 is 0. The Morgan fingerprint density at radius 3 is 2.63 bits per heavy atom. The normalized spacial score (nSPS) is 25.6. The largest absolute Gasteiger partial charge is 0.359 e. The summed E-state index contributed by atoms with van der Waals surface area (Å²) >= 11 is 1.77. The zero-order valence-electron chi connectivity index (χ0n) is 12.2. The monoisotopic (exact) mass is 283 g/mol. The zero-order valence-corrected chi connectivity index (χ0v) is 13.0. The number of amidine groups is 1. The van der Waals surface area contributed by atoms with Gasteiger partial charge in [0.25, 0.3) is 0 Å². The number of rotatable bonds is 3. The first kappa shape index (κ1) is 14.7. The standard InChI is InChI=1S/C14H25N3OS/c1-10(2)15-12(18)11(3)16-13-17-14(9-19-13)7-5-4-6-8-14/h10-11H,4-9H2,1-3H3,(H,15,18)(H,16,17). The first-order valence-corrected chi connectivity index (χ1v) is 8.28. The number of nitrogens with zero attached hydrogens (tertiary/aromatic N) is 1. The van der Waals surface area contributed by atoms with Crippen LogP contribution in [0.25, 0.3) is 0 Å². The summed E-state index contributed by atoms with van der Waals surface area (Å²) in [7, 11) is 0. The van der Waals surface area contributed by atoms with Crippen molar-refractivity contribution in [1.29, 1.82) is 0 Å². The number of carbonyl (C=O) groups excluding carboxylic acids is 1. The lowest BCUT2D eigenvalue weighted by atomic mass is 9.83. The lowest BCUT2D eigenvalue weighted by Crippen LogP contribution is -2.45. The van der Waals surface area contributed by atoms with Crippen LogP contribution in [0.4, 0.5) is 0 Å². The highest BCUT2D eigenvalue weighted by atomic mass is 32.2. The van der Waals surface area contributed by atoms with Crippen molar-refractivity contribution in [3.05, 3.63) is 0 Å². The van der Waals surface area contributed by atoms with Gasteiger partial charge in [-0.1, -0.05) is 31.0 Å². The van der Waals surface area contributed by atoms with Crippen LogP contribution in [0.15, 0.2) is 4.99 Å². The number of amides is 1. The van der Waals surface area contributed by atoms with Gasteiger partial charge in [-0.15, -0.1) is 0 Å². The van der Waals surface area contributed by atoms with Gasteiger partial charge < -0.3 is 10.6 Å². The number of hydrogen-bond acceptors (Lipinski definition) is 3. The summed E-state index contributed by atoms with van der Waals surface area (Å²) in [6.07, 6.45) is 6.46. The molecule has 1 aliphatic heterocycles. The molecule has 0 aromatic heterocycles. The third-order valence-electron chi connectivity index (χ3n) is 3.79. The van der Waals surface area contributed by atoms with Crippen molar-refractivity contribution >= 4 is 22.8 Å². The number of nitrogens with one attached hydrogen (secondary N) is 2. The highest BCUT2D eigenvalue weighted by Crippen LogP contribution is 2.36. The van der Waals surface area contributed by atoms with E-state index < -0.39 is 0 Å². The highest BCUT2D eigenvalue weighted by molar-refractivity contribution is 8.14. The Labute approximate surface area is 120 Å². The van der Waals surface area contributed by atoms with E-state index in [-0.39, 0.29) is 23.5 Å². The molecule has 1 atom stereocenters. The number of thioether (sulfide) groups is 1. The molecule has 2 N–H and O–H groups in total. The molecule has 4 nitrogen and oxygen atoms in total. The molecule has 0 aromatic rings.